The summed E-state index contributed by atoms with van der Waals surface area (Å²) < 4.78 is 44.2. The van der Waals surface area contributed by atoms with Crippen LogP contribution < -0.4 is 4.74 Å². The summed E-state index contributed by atoms with van der Waals surface area (Å²) >= 11 is 0. The number of nitrogens with zero attached hydrogens (tertiary/aromatic N) is 1. The van der Waals surface area contributed by atoms with Crippen molar-refractivity contribution >= 4 is 10.0 Å². The molecule has 1 aliphatic rings. The van der Waals surface area contributed by atoms with Crippen molar-refractivity contribution in [3.8, 4) is 5.75 Å². The highest BCUT2D eigenvalue weighted by atomic mass is 32.2. The van der Waals surface area contributed by atoms with E-state index in [0.29, 0.717) is 5.75 Å². The third-order valence-corrected chi connectivity index (χ3v) is 5.40. The zero-order valence-electron chi connectivity index (χ0n) is 12.7. The molecule has 118 valence electrons. The van der Waals surface area contributed by atoms with Crippen molar-refractivity contribution in [2.45, 2.75) is 44.8 Å². The van der Waals surface area contributed by atoms with Crippen LogP contribution in [-0.2, 0) is 10.0 Å². The van der Waals surface area contributed by atoms with Crippen LogP contribution in [0, 0.1) is 12.7 Å². The van der Waals surface area contributed by atoms with Crippen LogP contribution in [0.4, 0.5) is 4.39 Å². The molecule has 4 nitrogen and oxygen atoms in total. The van der Waals surface area contributed by atoms with E-state index in [9.17, 15) is 12.8 Å². The highest BCUT2D eigenvalue weighted by molar-refractivity contribution is 7.88. The van der Waals surface area contributed by atoms with Gasteiger partial charge in [0, 0.05) is 13.1 Å². The van der Waals surface area contributed by atoms with Crippen LogP contribution in [0.5, 0.6) is 5.75 Å². The second-order valence-corrected chi connectivity index (χ2v) is 7.74. The second-order valence-electron chi connectivity index (χ2n) is 5.70. The smallest absolute Gasteiger partial charge is 0.211 e. The fourth-order valence-electron chi connectivity index (χ4n) is 2.74. The largest absolute Gasteiger partial charge is 0.488 e. The average Bonchev–Trinajstić information content (AvgIpc) is 2.42. The summed E-state index contributed by atoms with van der Waals surface area (Å²) in [6, 6.07) is 4.23. The summed E-state index contributed by atoms with van der Waals surface area (Å²) in [6.07, 6.45) is 4.48. The van der Waals surface area contributed by atoms with Crippen LogP contribution in [0.15, 0.2) is 18.2 Å². The van der Waals surface area contributed by atoms with Gasteiger partial charge in [0.2, 0.25) is 10.0 Å². The minimum absolute atomic E-state index is 0.198. The van der Waals surface area contributed by atoms with E-state index in [1.165, 1.54) is 22.7 Å². The van der Waals surface area contributed by atoms with E-state index in [1.54, 1.807) is 13.1 Å². The number of sulfonamides is 1. The number of halogens is 1. The zero-order chi connectivity index (χ0) is 15.6. The van der Waals surface area contributed by atoms with Crippen molar-refractivity contribution in [1.29, 1.82) is 0 Å². The maximum Gasteiger partial charge on any atom is 0.211 e. The lowest BCUT2D eigenvalue weighted by Crippen LogP contribution is -2.48. The molecule has 0 amide bonds. The Bertz CT molecular complexity index is 603. The molecule has 0 radical (unpaired) electrons. The zero-order valence-corrected chi connectivity index (χ0v) is 13.5. The first kappa shape index (κ1) is 16.2. The highest BCUT2D eigenvalue weighted by Crippen LogP contribution is 2.29. The lowest BCUT2D eigenvalue weighted by molar-refractivity contribution is 0.0837. The van der Waals surface area contributed by atoms with E-state index in [-0.39, 0.29) is 18.0 Å². The molecule has 0 saturated heterocycles. The van der Waals surface area contributed by atoms with Gasteiger partial charge in [0.05, 0.1) is 12.3 Å². The summed E-state index contributed by atoms with van der Waals surface area (Å²) in [4.78, 5) is 0. The number of hydrogen-bond donors (Lipinski definition) is 0. The van der Waals surface area contributed by atoms with Crippen molar-refractivity contribution in [1.82, 2.24) is 4.31 Å². The van der Waals surface area contributed by atoms with Crippen LogP contribution in [0.25, 0.3) is 0 Å². The van der Waals surface area contributed by atoms with E-state index < -0.39 is 10.0 Å². The van der Waals surface area contributed by atoms with Crippen molar-refractivity contribution in [2.75, 3.05) is 13.3 Å². The molecule has 0 aromatic heterocycles. The van der Waals surface area contributed by atoms with Crippen LogP contribution in [0.2, 0.25) is 0 Å². The predicted molar refractivity (Wildman–Crippen MR) is 80.4 cm³/mol. The average molecular weight is 315 g/mol. The number of ether oxygens (including phenoxy) is 1. The molecule has 2 atom stereocenters. The number of likely N-dealkylation sites (N-methyl/N-ethyl adjacent to an activating group) is 1. The van der Waals surface area contributed by atoms with Gasteiger partial charge in [-0.1, -0.05) is 12.5 Å². The predicted octanol–water partition coefficient (Wildman–Crippen LogP) is 2.72. The van der Waals surface area contributed by atoms with Gasteiger partial charge in [-0.2, -0.15) is 4.31 Å². The molecule has 1 aliphatic carbocycles. The Kier molecular flexibility index (Phi) is 4.88. The van der Waals surface area contributed by atoms with Crippen LogP contribution in [-0.4, -0.2) is 38.2 Å². The van der Waals surface area contributed by atoms with Gasteiger partial charge in [-0.3, -0.25) is 0 Å². The first-order valence-electron chi connectivity index (χ1n) is 7.15. The third-order valence-electron chi connectivity index (χ3n) is 4.09. The number of aryl methyl sites for hydroxylation is 1. The van der Waals surface area contributed by atoms with Gasteiger partial charge in [0.1, 0.15) is 17.7 Å². The molecule has 1 aromatic carbocycles. The second kappa shape index (κ2) is 6.32. The molecule has 0 spiro atoms. The molecular weight excluding hydrogens is 293 g/mol. The summed E-state index contributed by atoms with van der Waals surface area (Å²) in [5.74, 6) is 0.147. The van der Waals surface area contributed by atoms with E-state index in [4.69, 9.17) is 4.74 Å². The molecule has 0 bridgehead atoms. The topological polar surface area (TPSA) is 46.6 Å². The van der Waals surface area contributed by atoms with Crippen LogP contribution >= 0.6 is 0 Å². The normalized spacial score (nSPS) is 23.3. The van der Waals surface area contributed by atoms with Crippen molar-refractivity contribution < 1.29 is 17.5 Å². The first-order chi connectivity index (χ1) is 9.79. The van der Waals surface area contributed by atoms with Gasteiger partial charge >= 0.3 is 0 Å². The van der Waals surface area contributed by atoms with Crippen molar-refractivity contribution in [3.05, 3.63) is 29.6 Å². The summed E-state index contributed by atoms with van der Waals surface area (Å²) in [5.41, 5.74) is 0.850. The molecule has 1 aromatic rings. The Balaban J connectivity index is 2.21. The van der Waals surface area contributed by atoms with E-state index in [0.717, 1.165) is 31.2 Å². The van der Waals surface area contributed by atoms with Crippen molar-refractivity contribution in [2.24, 2.45) is 0 Å². The number of rotatable bonds is 4. The van der Waals surface area contributed by atoms with Crippen LogP contribution in [0.1, 0.15) is 31.2 Å². The Morgan fingerprint density at radius 3 is 2.62 bits per heavy atom. The Morgan fingerprint density at radius 2 is 1.95 bits per heavy atom. The van der Waals surface area contributed by atoms with Gasteiger partial charge in [-0.15, -0.1) is 0 Å². The lowest BCUT2D eigenvalue weighted by atomic mass is 9.92. The standard InChI is InChI=1S/C15H22FNO3S/c1-11-8-9-12(16)10-15(11)20-14-7-5-4-6-13(14)17(2)21(3,18)19/h8-10,13-14H,4-7H2,1-3H3/t13-,14-/m1/s1. The lowest BCUT2D eigenvalue weighted by Gasteiger charge is -2.36. The van der Waals surface area contributed by atoms with Gasteiger partial charge in [0.15, 0.2) is 0 Å². The quantitative estimate of drug-likeness (QED) is 0.858. The molecular formula is C15H22FNO3S. The van der Waals surface area contributed by atoms with Crippen molar-refractivity contribution in [3.63, 3.8) is 0 Å². The number of hydrogen-bond acceptors (Lipinski definition) is 3. The maximum absolute atomic E-state index is 13.4. The molecule has 0 aliphatic heterocycles. The SMILES string of the molecule is Cc1ccc(F)cc1O[C@@H]1CCCC[C@H]1N(C)S(C)(=O)=O. The summed E-state index contributed by atoms with van der Waals surface area (Å²) in [5, 5.41) is 0. The highest BCUT2D eigenvalue weighted by Gasteiger charge is 2.34. The first-order valence-corrected chi connectivity index (χ1v) is 8.99. The van der Waals surface area contributed by atoms with Gasteiger partial charge in [-0.05, 0) is 37.8 Å². The summed E-state index contributed by atoms with van der Waals surface area (Å²) in [6.45, 7) is 1.85. The van der Waals surface area contributed by atoms with E-state index in [1.807, 2.05) is 6.92 Å². The Hall–Kier alpha value is -1.14. The van der Waals surface area contributed by atoms with Crippen LogP contribution in [0.3, 0.4) is 0 Å². The third kappa shape index (κ3) is 3.95. The van der Waals surface area contributed by atoms with Gasteiger partial charge < -0.3 is 4.74 Å². The molecule has 2 rings (SSSR count). The molecule has 0 heterocycles. The van der Waals surface area contributed by atoms with Gasteiger partial charge in [0.25, 0.3) is 0 Å². The Labute approximate surface area is 126 Å². The molecule has 6 heteroatoms. The van der Waals surface area contributed by atoms with E-state index >= 15 is 0 Å². The molecule has 1 saturated carbocycles. The monoisotopic (exact) mass is 315 g/mol. The molecule has 1 fully saturated rings. The van der Waals surface area contributed by atoms with E-state index in [2.05, 4.69) is 0 Å². The summed E-state index contributed by atoms with van der Waals surface area (Å²) in [7, 11) is -1.68. The van der Waals surface area contributed by atoms with Gasteiger partial charge in [-0.25, -0.2) is 12.8 Å². The maximum atomic E-state index is 13.4. The Morgan fingerprint density at radius 1 is 1.29 bits per heavy atom. The molecule has 21 heavy (non-hydrogen) atoms. The minimum Gasteiger partial charge on any atom is -0.488 e. The molecule has 0 N–H and O–H groups in total. The fourth-order valence-corrected chi connectivity index (χ4v) is 3.47. The molecule has 0 unspecified atom stereocenters. The number of benzene rings is 1. The minimum atomic E-state index is -3.27. The fraction of sp³-hybridized carbons (Fsp3) is 0.600.